The molecule has 0 N–H and O–H groups in total. The van der Waals surface area contributed by atoms with Gasteiger partial charge in [-0.25, -0.2) is 4.79 Å². The summed E-state index contributed by atoms with van der Waals surface area (Å²) in [6, 6.07) is 9.54. The Morgan fingerprint density at radius 2 is 2.05 bits per heavy atom. The molecule has 0 aliphatic rings. The van der Waals surface area contributed by atoms with E-state index in [1.54, 1.807) is 12.3 Å². The van der Waals surface area contributed by atoms with Crippen molar-refractivity contribution in [2.45, 2.75) is 20.0 Å². The average Bonchev–Trinajstić information content (AvgIpc) is 2.84. The first kappa shape index (κ1) is 13.2. The quantitative estimate of drug-likeness (QED) is 0.803. The minimum atomic E-state index is -0.354. The Labute approximate surface area is 115 Å². The van der Waals surface area contributed by atoms with Crippen molar-refractivity contribution in [2.75, 3.05) is 0 Å². The van der Waals surface area contributed by atoms with Crippen LogP contribution in [0.5, 0.6) is 0 Å². The van der Waals surface area contributed by atoms with Gasteiger partial charge in [0.1, 0.15) is 6.61 Å². The van der Waals surface area contributed by atoms with Crippen LogP contribution in [0.15, 0.2) is 29.6 Å². The highest BCUT2D eigenvalue weighted by Gasteiger charge is 2.12. The monoisotopic (exact) mass is 272 g/mol. The van der Waals surface area contributed by atoms with Gasteiger partial charge in [-0.1, -0.05) is 24.3 Å². The van der Waals surface area contributed by atoms with Crippen molar-refractivity contribution in [3.05, 3.63) is 52.0 Å². The largest absolute Gasteiger partial charge is 0.457 e. The second-order valence-electron chi connectivity index (χ2n) is 4.04. The maximum Gasteiger partial charge on any atom is 0.341 e. The Morgan fingerprint density at radius 1 is 1.37 bits per heavy atom. The van der Waals surface area contributed by atoms with Gasteiger partial charge in [0, 0.05) is 5.38 Å². The molecule has 1 aromatic carbocycles. The number of hydrogen-bond acceptors (Lipinski definition) is 5. The number of rotatable bonds is 4. The van der Waals surface area contributed by atoms with Gasteiger partial charge in [-0.2, -0.15) is 9.64 Å². The molecule has 0 fully saturated rings. The van der Waals surface area contributed by atoms with E-state index in [1.165, 1.54) is 11.5 Å². The summed E-state index contributed by atoms with van der Waals surface area (Å²) in [6.45, 7) is 2.00. The Morgan fingerprint density at radius 3 is 2.63 bits per heavy atom. The third kappa shape index (κ3) is 3.39. The summed E-state index contributed by atoms with van der Waals surface area (Å²) in [5.74, 6) is -0.354. The van der Waals surface area contributed by atoms with E-state index in [0.29, 0.717) is 17.7 Å². The van der Waals surface area contributed by atoms with Crippen LogP contribution in [-0.4, -0.2) is 10.3 Å². The molecule has 2 aromatic rings. The molecule has 5 heteroatoms. The third-order valence-corrected chi connectivity index (χ3v) is 3.37. The van der Waals surface area contributed by atoms with Gasteiger partial charge in [-0.3, -0.25) is 0 Å². The van der Waals surface area contributed by atoms with Crippen LogP contribution >= 0.6 is 11.5 Å². The van der Waals surface area contributed by atoms with Crippen LogP contribution in [0.25, 0.3) is 0 Å². The average molecular weight is 272 g/mol. The number of benzene rings is 1. The summed E-state index contributed by atoms with van der Waals surface area (Å²) in [4.78, 5) is 11.8. The van der Waals surface area contributed by atoms with Crippen LogP contribution in [0.2, 0.25) is 0 Å². The van der Waals surface area contributed by atoms with Gasteiger partial charge in [-0.05, 0) is 29.6 Å². The van der Waals surface area contributed by atoms with E-state index in [1.807, 2.05) is 24.3 Å². The van der Waals surface area contributed by atoms with Gasteiger partial charge in [0.15, 0.2) is 0 Å². The Kier molecular flexibility index (Phi) is 4.26. The highest BCUT2D eigenvalue weighted by Crippen LogP contribution is 2.12. The smallest absolute Gasteiger partial charge is 0.341 e. The zero-order chi connectivity index (χ0) is 13.7. The van der Waals surface area contributed by atoms with E-state index in [4.69, 9.17) is 10.00 Å². The van der Waals surface area contributed by atoms with Crippen molar-refractivity contribution in [3.63, 3.8) is 0 Å². The Balaban J connectivity index is 1.94. The molecule has 0 saturated carbocycles. The van der Waals surface area contributed by atoms with Gasteiger partial charge in [0.2, 0.25) is 0 Å². The van der Waals surface area contributed by atoms with Crippen molar-refractivity contribution in [2.24, 2.45) is 0 Å². The molecule has 0 aliphatic heterocycles. The number of carbonyl (C=O) groups is 1. The van der Waals surface area contributed by atoms with Crippen molar-refractivity contribution in [1.82, 2.24) is 4.37 Å². The topological polar surface area (TPSA) is 63.0 Å². The number of aromatic nitrogens is 1. The maximum atomic E-state index is 11.8. The third-order valence-electron chi connectivity index (χ3n) is 2.65. The van der Waals surface area contributed by atoms with Gasteiger partial charge < -0.3 is 4.74 Å². The van der Waals surface area contributed by atoms with Crippen LogP contribution in [0.3, 0.4) is 0 Å². The molecule has 0 unspecified atom stereocenters. The number of hydrogen-bond donors (Lipinski definition) is 0. The normalized spacial score (nSPS) is 9.89. The highest BCUT2D eigenvalue weighted by molar-refractivity contribution is 7.03. The molecule has 0 aliphatic carbocycles. The zero-order valence-corrected chi connectivity index (χ0v) is 11.2. The number of nitrogens with zero attached hydrogens (tertiary/aromatic N) is 2. The molecular formula is C14H12N2O2S. The van der Waals surface area contributed by atoms with Crippen LogP contribution in [-0.2, 0) is 17.8 Å². The fourth-order valence-electron chi connectivity index (χ4n) is 1.56. The molecule has 96 valence electrons. The minimum Gasteiger partial charge on any atom is -0.457 e. The summed E-state index contributed by atoms with van der Waals surface area (Å²) in [7, 11) is 0. The molecule has 4 nitrogen and oxygen atoms in total. The fraction of sp³-hybridized carbons (Fsp3) is 0.214. The molecule has 0 amide bonds. The predicted octanol–water partition coefficient (Wildman–Crippen LogP) is 2.87. The molecule has 0 spiro atoms. The molecule has 2 rings (SSSR count). The first-order chi connectivity index (χ1) is 9.20. The van der Waals surface area contributed by atoms with Crippen LogP contribution in [0.1, 0.15) is 27.2 Å². The lowest BCUT2D eigenvalue weighted by Crippen LogP contribution is -2.05. The van der Waals surface area contributed by atoms with E-state index in [9.17, 15) is 4.79 Å². The second kappa shape index (κ2) is 6.12. The number of nitriles is 1. The summed E-state index contributed by atoms with van der Waals surface area (Å²) in [6.07, 6.45) is 0.389. The van der Waals surface area contributed by atoms with Crippen molar-refractivity contribution < 1.29 is 9.53 Å². The summed E-state index contributed by atoms with van der Waals surface area (Å²) >= 11 is 1.24. The number of aryl methyl sites for hydroxylation is 1. The van der Waals surface area contributed by atoms with Crippen molar-refractivity contribution in [1.29, 1.82) is 5.26 Å². The number of ether oxygens (including phenoxy) is 1. The molecule has 1 aromatic heterocycles. The van der Waals surface area contributed by atoms with E-state index in [-0.39, 0.29) is 12.6 Å². The van der Waals surface area contributed by atoms with E-state index >= 15 is 0 Å². The van der Waals surface area contributed by atoms with Crippen LogP contribution in [0.4, 0.5) is 0 Å². The van der Waals surface area contributed by atoms with E-state index < -0.39 is 0 Å². The molecule has 0 radical (unpaired) electrons. The molecule has 0 atom stereocenters. The van der Waals surface area contributed by atoms with Gasteiger partial charge in [0.05, 0.1) is 23.7 Å². The maximum absolute atomic E-state index is 11.8. The zero-order valence-electron chi connectivity index (χ0n) is 10.4. The van der Waals surface area contributed by atoms with Gasteiger partial charge in [-0.15, -0.1) is 0 Å². The summed E-state index contributed by atoms with van der Waals surface area (Å²) in [5.41, 5.74) is 3.07. The lowest BCUT2D eigenvalue weighted by molar-refractivity contribution is 0.0472. The summed E-state index contributed by atoms with van der Waals surface area (Å²) in [5, 5.41) is 10.3. The van der Waals surface area contributed by atoms with Crippen molar-refractivity contribution >= 4 is 17.5 Å². The molecule has 19 heavy (non-hydrogen) atoms. The van der Waals surface area contributed by atoms with Crippen molar-refractivity contribution in [3.8, 4) is 6.07 Å². The van der Waals surface area contributed by atoms with Gasteiger partial charge >= 0.3 is 5.97 Å². The lowest BCUT2D eigenvalue weighted by Gasteiger charge is -2.04. The Hall–Kier alpha value is -2.19. The van der Waals surface area contributed by atoms with E-state index in [0.717, 1.165) is 11.1 Å². The fourth-order valence-corrected chi connectivity index (χ4v) is 2.24. The molecule has 1 heterocycles. The number of esters is 1. The second-order valence-corrected chi connectivity index (χ2v) is 4.67. The Bertz CT molecular complexity index is 611. The first-order valence-electron chi connectivity index (χ1n) is 5.73. The SMILES string of the molecule is Cc1nscc1C(=O)OCc1ccc(CC#N)cc1. The molecular weight excluding hydrogens is 260 g/mol. The van der Waals surface area contributed by atoms with E-state index in [2.05, 4.69) is 10.4 Å². The van der Waals surface area contributed by atoms with Gasteiger partial charge in [0.25, 0.3) is 0 Å². The first-order valence-corrected chi connectivity index (χ1v) is 6.57. The number of carbonyl (C=O) groups excluding carboxylic acids is 1. The molecule has 0 bridgehead atoms. The molecule has 0 saturated heterocycles. The summed E-state index contributed by atoms with van der Waals surface area (Å²) < 4.78 is 9.25. The predicted molar refractivity (Wildman–Crippen MR) is 71.7 cm³/mol. The standard InChI is InChI=1S/C14H12N2O2S/c1-10-13(9-19-16-10)14(17)18-8-12-4-2-11(3-5-12)6-7-15/h2-5,9H,6,8H2,1H3. The van der Waals surface area contributed by atoms with Crippen LogP contribution in [0, 0.1) is 18.3 Å². The lowest BCUT2D eigenvalue weighted by atomic mass is 10.1. The van der Waals surface area contributed by atoms with Crippen LogP contribution < -0.4 is 0 Å². The minimum absolute atomic E-state index is 0.223. The highest BCUT2D eigenvalue weighted by atomic mass is 32.1.